The van der Waals surface area contributed by atoms with Gasteiger partial charge in [-0.2, -0.15) is 0 Å². The third-order valence-corrected chi connectivity index (χ3v) is 1.89. The van der Waals surface area contributed by atoms with E-state index >= 15 is 0 Å². The van der Waals surface area contributed by atoms with Gasteiger partial charge in [0, 0.05) is 12.1 Å². The van der Waals surface area contributed by atoms with Crippen molar-refractivity contribution < 1.29 is 117 Å². The number of carbonyl (C=O) groups excluding carboxylic acids is 1. The SMILES string of the molecule is COc1cc(Cl)ccc1[C-]=C[C-]=O.[CH-]=S.[CH2-]COC.[K+].[K+]. The number of hydrogen-bond donors (Lipinski definition) is 0. The first-order valence-corrected chi connectivity index (χ1v) is 5.85. The summed E-state index contributed by atoms with van der Waals surface area (Å²) in [5.41, 5.74) is 0.676. The molecule has 1 rings (SSSR count). The molecule has 0 aliphatic rings. The number of halogens is 1. The summed E-state index contributed by atoms with van der Waals surface area (Å²) < 4.78 is 9.46. The summed E-state index contributed by atoms with van der Waals surface area (Å²) in [6.45, 7) is 3.95. The molecule has 7 heteroatoms. The van der Waals surface area contributed by atoms with E-state index in [0.29, 0.717) is 22.9 Å². The van der Waals surface area contributed by atoms with Crippen LogP contribution < -0.4 is 108 Å². The van der Waals surface area contributed by atoms with Crippen molar-refractivity contribution in [2.75, 3.05) is 20.8 Å². The van der Waals surface area contributed by atoms with Crippen LogP contribution in [0.1, 0.15) is 5.56 Å². The van der Waals surface area contributed by atoms with E-state index in [2.05, 4.69) is 35.8 Å². The second-order valence-corrected chi connectivity index (χ2v) is 3.18. The average molecular weight is 377 g/mol. The van der Waals surface area contributed by atoms with E-state index in [1.807, 2.05) is 0 Å². The fraction of sp³-hybridized carbons (Fsp3) is 0.214. The second-order valence-electron chi connectivity index (χ2n) is 2.74. The van der Waals surface area contributed by atoms with Crippen LogP contribution in [-0.2, 0) is 9.53 Å². The van der Waals surface area contributed by atoms with Gasteiger partial charge in [-0.05, 0) is 12.0 Å². The minimum absolute atomic E-state index is 0. The summed E-state index contributed by atoms with van der Waals surface area (Å²) in [5, 5.41) is 0.581. The number of rotatable bonds is 4. The molecule has 0 aliphatic carbocycles. The first-order chi connectivity index (χ1) is 9.19. The number of thiocarbonyl (C=S) groups is 1. The predicted molar refractivity (Wildman–Crippen MR) is 81.5 cm³/mol. The first-order valence-electron chi connectivity index (χ1n) is 5.00. The van der Waals surface area contributed by atoms with Crippen LogP contribution in [0.3, 0.4) is 0 Å². The summed E-state index contributed by atoms with van der Waals surface area (Å²) in [5.74, 6) is 4.67. The van der Waals surface area contributed by atoms with Crippen molar-refractivity contribution in [1.82, 2.24) is 0 Å². The van der Waals surface area contributed by atoms with Crippen LogP contribution in [0.4, 0.5) is 0 Å². The van der Waals surface area contributed by atoms with Gasteiger partial charge >= 0.3 is 103 Å². The van der Waals surface area contributed by atoms with Crippen molar-refractivity contribution in [2.24, 2.45) is 0 Å². The molecule has 3 nitrogen and oxygen atoms in total. The number of hydrogen-bond acceptors (Lipinski definition) is 4. The monoisotopic (exact) mass is 376 g/mol. The van der Waals surface area contributed by atoms with E-state index in [9.17, 15) is 4.79 Å². The van der Waals surface area contributed by atoms with Gasteiger partial charge < -0.3 is 39.3 Å². The fourth-order valence-electron chi connectivity index (χ4n) is 0.892. The molecular weight excluding hydrogens is 362 g/mol. The van der Waals surface area contributed by atoms with Crippen LogP contribution in [0, 0.1) is 13.0 Å². The summed E-state index contributed by atoms with van der Waals surface area (Å²) in [6, 6.07) is 5.07. The zero-order chi connectivity index (χ0) is 15.1. The molecule has 0 heterocycles. The maximum Gasteiger partial charge on any atom is 1.00 e. The number of allylic oxidation sites excluding steroid dienone is 1. The molecule has 0 bridgehead atoms. The van der Waals surface area contributed by atoms with Gasteiger partial charge in [0.15, 0.2) is 0 Å². The molecule has 0 aliphatic heterocycles. The molecule has 0 amide bonds. The van der Waals surface area contributed by atoms with Crippen molar-refractivity contribution in [3.05, 3.63) is 47.9 Å². The minimum atomic E-state index is 0. The summed E-state index contributed by atoms with van der Waals surface area (Å²) in [7, 11) is 3.15. The maximum absolute atomic E-state index is 9.93. The summed E-state index contributed by atoms with van der Waals surface area (Å²) in [6.07, 6.45) is 5.47. The van der Waals surface area contributed by atoms with Gasteiger partial charge in [-0.3, -0.25) is 6.08 Å². The molecule has 106 valence electrons. The molecule has 1 aromatic carbocycles. The molecule has 0 fully saturated rings. The van der Waals surface area contributed by atoms with E-state index in [1.165, 1.54) is 7.11 Å². The summed E-state index contributed by atoms with van der Waals surface area (Å²) in [4.78, 5) is 9.93. The standard InChI is InChI=1S/C10H7ClO2.C3H7O.CHS.2K/c1-13-10-7-9(11)5-4-8(10)3-2-6-12;1-3-4-2;1-2;;/h2,4-5,7H,1H3;1,3H2,2H3;1H;;/q-2;2*-1;2*+1. The molecule has 0 saturated carbocycles. The molecule has 0 spiro atoms. The maximum atomic E-state index is 9.93. The minimum Gasteiger partial charge on any atom is -0.582 e. The van der Waals surface area contributed by atoms with Gasteiger partial charge in [0.05, 0.1) is 7.11 Å². The zero-order valence-corrected chi connectivity index (χ0v) is 20.6. The smallest absolute Gasteiger partial charge is 0.582 e. The molecule has 0 aromatic heterocycles. The number of ether oxygens (including phenoxy) is 2. The van der Waals surface area contributed by atoms with Gasteiger partial charge in [0.25, 0.3) is 0 Å². The van der Waals surface area contributed by atoms with Gasteiger partial charge in [-0.15, -0.1) is 6.07 Å². The molecule has 0 radical (unpaired) electrons. The van der Waals surface area contributed by atoms with Gasteiger partial charge in [0.2, 0.25) is 0 Å². The molecule has 0 unspecified atom stereocenters. The van der Waals surface area contributed by atoms with Crippen LogP contribution in [0.5, 0.6) is 5.75 Å². The van der Waals surface area contributed by atoms with Crippen molar-refractivity contribution in [1.29, 1.82) is 0 Å². The first kappa shape index (κ1) is 30.9. The Kier molecular flexibility index (Phi) is 35.7. The van der Waals surface area contributed by atoms with Crippen molar-refractivity contribution in [2.45, 2.75) is 0 Å². The van der Waals surface area contributed by atoms with Crippen LogP contribution in [0.2, 0.25) is 5.02 Å². The van der Waals surface area contributed by atoms with Gasteiger partial charge in [0.1, 0.15) is 0 Å². The van der Waals surface area contributed by atoms with Crippen molar-refractivity contribution in [3.63, 3.8) is 0 Å². The van der Waals surface area contributed by atoms with Crippen LogP contribution in [0.25, 0.3) is 0 Å². The third kappa shape index (κ3) is 18.2. The predicted octanol–water partition coefficient (Wildman–Crippen LogP) is -2.87. The Morgan fingerprint density at radius 1 is 1.38 bits per heavy atom. The van der Waals surface area contributed by atoms with Crippen LogP contribution in [0.15, 0.2) is 24.3 Å². The molecule has 0 saturated heterocycles. The zero-order valence-electron chi connectivity index (χ0n) is 12.8. The number of benzene rings is 1. The Morgan fingerprint density at radius 2 is 1.90 bits per heavy atom. The Hall–Kier alpha value is 2.04. The average Bonchev–Trinajstić information content (AvgIpc) is 2.48. The van der Waals surface area contributed by atoms with Crippen LogP contribution in [-0.4, -0.2) is 33.0 Å². The number of methoxy groups -OCH3 is 2. The van der Waals surface area contributed by atoms with E-state index < -0.39 is 0 Å². The Labute approximate surface area is 223 Å². The Morgan fingerprint density at radius 3 is 2.29 bits per heavy atom. The van der Waals surface area contributed by atoms with Crippen molar-refractivity contribution in [3.8, 4) is 5.75 Å². The van der Waals surface area contributed by atoms with E-state index in [-0.39, 0.29) is 103 Å². The largest absolute Gasteiger partial charge is 1.00 e. The normalized spacial score (nSPS) is 8.00. The van der Waals surface area contributed by atoms with E-state index in [4.69, 9.17) is 16.3 Å². The quantitative estimate of drug-likeness (QED) is 0.245. The summed E-state index contributed by atoms with van der Waals surface area (Å²) >= 11 is 9.32. The molecule has 0 N–H and O–H groups in total. The third-order valence-electron chi connectivity index (χ3n) is 1.65. The topological polar surface area (TPSA) is 35.5 Å². The van der Waals surface area contributed by atoms with E-state index in [0.717, 1.165) is 6.08 Å². The van der Waals surface area contributed by atoms with Gasteiger partial charge in [-0.25, -0.2) is 17.7 Å². The van der Waals surface area contributed by atoms with Crippen molar-refractivity contribution >= 4 is 36.0 Å². The molecular formula is C14H15ClK2O3S-2. The molecule has 0 atom stereocenters. The second kappa shape index (κ2) is 24.3. The Bertz CT molecular complexity index is 388. The van der Waals surface area contributed by atoms with E-state index in [1.54, 1.807) is 31.6 Å². The Balaban J connectivity index is -0.000000158. The van der Waals surface area contributed by atoms with Crippen LogP contribution >= 0.6 is 23.8 Å². The van der Waals surface area contributed by atoms with Gasteiger partial charge in [-0.1, -0.05) is 24.3 Å². The molecule has 1 aromatic rings. The molecule has 21 heavy (non-hydrogen) atoms. The fourth-order valence-corrected chi connectivity index (χ4v) is 1.05.